The Kier molecular flexibility index (Phi) is 7.35. The third-order valence-electron chi connectivity index (χ3n) is 5.63. The molecule has 1 aliphatic heterocycles. The molecule has 4 rings (SSSR count). The summed E-state index contributed by atoms with van der Waals surface area (Å²) in [5, 5.41) is 40.2. The second kappa shape index (κ2) is 10.3. The highest BCUT2D eigenvalue weighted by atomic mass is 35.5. The number of nitrogen functional groups attached to an aromatic ring is 1. The van der Waals surface area contributed by atoms with Gasteiger partial charge in [0.1, 0.15) is 23.8 Å². The molecule has 15 heteroatoms. The minimum absolute atomic E-state index is 0.0140. The van der Waals surface area contributed by atoms with Crippen molar-refractivity contribution in [2.45, 2.75) is 36.7 Å². The van der Waals surface area contributed by atoms with Gasteiger partial charge in [0.05, 0.1) is 26.1 Å². The summed E-state index contributed by atoms with van der Waals surface area (Å²) in [5.74, 6) is -3.63. The fraction of sp³-hybridized carbons (Fsp3) is 0.381. The fourth-order valence-electron chi connectivity index (χ4n) is 3.68. The average Bonchev–Trinajstić information content (AvgIpc) is 3.37. The molecule has 0 spiro atoms. The maximum absolute atomic E-state index is 11.9. The Bertz CT molecular complexity index is 1240. The zero-order chi connectivity index (χ0) is 26.0. The second-order valence-corrected chi connectivity index (χ2v) is 8.31. The van der Waals surface area contributed by atoms with Crippen LogP contribution >= 0.6 is 11.6 Å². The number of hydrogen-bond donors (Lipinski definition) is 5. The average molecular weight is 524 g/mol. The van der Waals surface area contributed by atoms with E-state index in [1.165, 1.54) is 10.9 Å². The molecule has 4 unspecified atom stereocenters. The maximum atomic E-state index is 11.9. The van der Waals surface area contributed by atoms with Crippen molar-refractivity contribution in [2.75, 3.05) is 18.9 Å². The van der Waals surface area contributed by atoms with Crippen molar-refractivity contribution in [2.24, 2.45) is 0 Å². The third kappa shape index (κ3) is 4.82. The van der Waals surface area contributed by atoms with Gasteiger partial charge in [0.25, 0.3) is 5.60 Å². The lowest BCUT2D eigenvalue weighted by Gasteiger charge is -2.27. The van der Waals surface area contributed by atoms with Crippen LogP contribution in [0.15, 0.2) is 36.7 Å². The molecule has 36 heavy (non-hydrogen) atoms. The van der Waals surface area contributed by atoms with E-state index in [0.717, 1.165) is 0 Å². The molecule has 2 aromatic heterocycles. The minimum atomic E-state index is -2.79. The zero-order valence-corrected chi connectivity index (χ0v) is 19.2. The Hall–Kier alpha value is -3.40. The smallest absolute Gasteiger partial charge is 0.350 e. The molecule has 192 valence electrons. The van der Waals surface area contributed by atoms with Crippen LogP contribution < -0.4 is 5.73 Å². The van der Waals surface area contributed by atoms with Gasteiger partial charge < -0.3 is 40.4 Å². The SMILES string of the molecule is Nc1nc(Cl)nc2c1ncn2C1OC(COC(COCc2ccccc2)(C(=O)O)C(=O)O)C(O)C1O. The summed E-state index contributed by atoms with van der Waals surface area (Å²) in [6.45, 7) is -1.59. The van der Waals surface area contributed by atoms with Gasteiger partial charge in [0.2, 0.25) is 5.28 Å². The van der Waals surface area contributed by atoms with Crippen LogP contribution in [0.4, 0.5) is 5.82 Å². The van der Waals surface area contributed by atoms with E-state index in [4.69, 9.17) is 31.5 Å². The summed E-state index contributed by atoms with van der Waals surface area (Å²) in [4.78, 5) is 35.7. The number of hydrogen-bond acceptors (Lipinski definition) is 11. The molecule has 0 aliphatic carbocycles. The van der Waals surface area contributed by atoms with Gasteiger partial charge in [-0.1, -0.05) is 30.3 Å². The standard InChI is InChI=1S/C21H22ClN5O9/c22-20-25-15(23)12-16(26-20)27(9-24-12)17-14(29)13(28)11(36-17)7-35-21(18(30)31,19(32)33)8-34-6-10-4-2-1-3-5-10/h1-5,9,11,13-14,17,28-29H,6-8H2,(H,30,31)(H,32,33)(H2,23,25,26). The van der Waals surface area contributed by atoms with Gasteiger partial charge in [-0.2, -0.15) is 9.97 Å². The summed E-state index contributed by atoms with van der Waals surface area (Å²) in [6.07, 6.45) is -4.44. The Morgan fingerprint density at radius 1 is 1.14 bits per heavy atom. The number of imidazole rings is 1. The predicted molar refractivity (Wildman–Crippen MR) is 121 cm³/mol. The number of carbonyl (C=O) groups is 2. The monoisotopic (exact) mass is 523 g/mol. The van der Waals surface area contributed by atoms with Crippen molar-refractivity contribution >= 4 is 40.5 Å². The molecule has 1 aromatic carbocycles. The number of carboxylic acid groups (broad SMARTS) is 2. The van der Waals surface area contributed by atoms with E-state index in [1.807, 2.05) is 0 Å². The number of carboxylic acids is 2. The van der Waals surface area contributed by atoms with Gasteiger partial charge >= 0.3 is 11.9 Å². The molecule has 1 aliphatic rings. The molecule has 3 aromatic rings. The normalized spacial score (nSPS) is 22.2. The number of nitrogens with two attached hydrogens (primary N) is 1. The molecule has 0 radical (unpaired) electrons. The van der Waals surface area contributed by atoms with Crippen molar-refractivity contribution in [1.29, 1.82) is 0 Å². The van der Waals surface area contributed by atoms with Crippen molar-refractivity contribution in [3.05, 3.63) is 47.5 Å². The number of aromatic nitrogens is 4. The van der Waals surface area contributed by atoms with E-state index in [1.54, 1.807) is 30.3 Å². The first-order valence-corrected chi connectivity index (χ1v) is 10.9. The quantitative estimate of drug-likeness (QED) is 0.172. The molecular formula is C21H22ClN5O9. The number of benzene rings is 1. The zero-order valence-electron chi connectivity index (χ0n) is 18.5. The summed E-state index contributed by atoms with van der Waals surface area (Å²) in [7, 11) is 0. The first-order chi connectivity index (χ1) is 17.1. The predicted octanol–water partition coefficient (Wildman–Crippen LogP) is -0.177. The molecule has 6 N–H and O–H groups in total. The van der Waals surface area contributed by atoms with Gasteiger partial charge in [-0.05, 0) is 17.2 Å². The highest BCUT2D eigenvalue weighted by Crippen LogP contribution is 2.33. The molecule has 3 heterocycles. The summed E-state index contributed by atoms with van der Waals surface area (Å²) < 4.78 is 17.5. The van der Waals surface area contributed by atoms with Crippen LogP contribution in [-0.4, -0.2) is 89.0 Å². The van der Waals surface area contributed by atoms with Gasteiger partial charge in [0.15, 0.2) is 17.7 Å². The second-order valence-electron chi connectivity index (χ2n) is 7.97. The van der Waals surface area contributed by atoms with Crippen LogP contribution in [0.1, 0.15) is 11.8 Å². The van der Waals surface area contributed by atoms with E-state index in [0.29, 0.717) is 5.56 Å². The molecule has 1 saturated heterocycles. The van der Waals surface area contributed by atoms with Crippen molar-refractivity contribution in [3.63, 3.8) is 0 Å². The Balaban J connectivity index is 1.49. The maximum Gasteiger partial charge on any atom is 0.350 e. The lowest BCUT2D eigenvalue weighted by atomic mass is 10.1. The number of halogens is 1. The molecule has 0 saturated carbocycles. The molecule has 1 fully saturated rings. The number of fused-ring (bicyclic) bond motifs is 1. The third-order valence-corrected chi connectivity index (χ3v) is 5.80. The first kappa shape index (κ1) is 25.7. The van der Waals surface area contributed by atoms with Gasteiger partial charge in [-0.15, -0.1) is 0 Å². The van der Waals surface area contributed by atoms with Crippen LogP contribution in [0.2, 0.25) is 5.28 Å². The minimum Gasteiger partial charge on any atom is -0.479 e. The van der Waals surface area contributed by atoms with Gasteiger partial charge in [-0.3, -0.25) is 4.57 Å². The molecular weight excluding hydrogens is 502 g/mol. The number of anilines is 1. The number of rotatable bonds is 10. The van der Waals surface area contributed by atoms with E-state index < -0.39 is 55.3 Å². The molecule has 0 bridgehead atoms. The Morgan fingerprint density at radius 3 is 2.50 bits per heavy atom. The number of aliphatic hydroxyl groups is 2. The number of aliphatic hydroxyl groups excluding tert-OH is 2. The van der Waals surface area contributed by atoms with Crippen LogP contribution in [0.5, 0.6) is 0 Å². The van der Waals surface area contributed by atoms with Crippen LogP contribution in [0.25, 0.3) is 11.2 Å². The molecule has 14 nitrogen and oxygen atoms in total. The van der Waals surface area contributed by atoms with Crippen molar-refractivity contribution < 1.29 is 44.2 Å². The van der Waals surface area contributed by atoms with Crippen LogP contribution in [-0.2, 0) is 30.4 Å². The van der Waals surface area contributed by atoms with E-state index in [-0.39, 0.29) is 28.9 Å². The summed E-state index contributed by atoms with van der Waals surface area (Å²) >= 11 is 5.85. The fourth-order valence-corrected chi connectivity index (χ4v) is 3.86. The lowest BCUT2D eigenvalue weighted by Crippen LogP contribution is -2.54. The Labute approximate surface area is 207 Å². The van der Waals surface area contributed by atoms with E-state index >= 15 is 0 Å². The highest BCUT2D eigenvalue weighted by Gasteiger charge is 2.52. The topological polar surface area (TPSA) is 212 Å². The van der Waals surface area contributed by atoms with Crippen molar-refractivity contribution in [3.8, 4) is 0 Å². The molecule has 4 atom stereocenters. The van der Waals surface area contributed by atoms with E-state index in [9.17, 15) is 30.0 Å². The van der Waals surface area contributed by atoms with Crippen LogP contribution in [0, 0.1) is 0 Å². The summed E-state index contributed by atoms with van der Waals surface area (Å²) in [5.41, 5.74) is 3.97. The van der Waals surface area contributed by atoms with Gasteiger partial charge in [-0.25, -0.2) is 14.6 Å². The summed E-state index contributed by atoms with van der Waals surface area (Å²) in [6, 6.07) is 8.72. The molecule has 0 amide bonds. The van der Waals surface area contributed by atoms with E-state index in [2.05, 4.69) is 15.0 Å². The highest BCUT2D eigenvalue weighted by molar-refractivity contribution is 6.28. The number of ether oxygens (including phenoxy) is 3. The van der Waals surface area contributed by atoms with Crippen LogP contribution in [0.3, 0.4) is 0 Å². The number of nitrogens with zero attached hydrogens (tertiary/aromatic N) is 4. The lowest BCUT2D eigenvalue weighted by molar-refractivity contribution is -0.199. The Morgan fingerprint density at radius 2 is 1.83 bits per heavy atom. The van der Waals surface area contributed by atoms with Crippen molar-refractivity contribution in [1.82, 2.24) is 19.5 Å². The van der Waals surface area contributed by atoms with Gasteiger partial charge in [0, 0.05) is 0 Å². The largest absolute Gasteiger partial charge is 0.479 e. The first-order valence-electron chi connectivity index (χ1n) is 10.5. The number of aliphatic carboxylic acids is 2.